The van der Waals surface area contributed by atoms with Crippen molar-refractivity contribution < 1.29 is 97.1 Å². The summed E-state index contributed by atoms with van der Waals surface area (Å²) in [5.41, 5.74) is 7.66. The molecule has 0 saturated carbocycles. The number of benzene rings is 2. The van der Waals surface area contributed by atoms with Crippen molar-refractivity contribution in [1.29, 1.82) is 0 Å². The minimum absolute atomic E-state index is 0.0276. The third-order valence-corrected chi connectivity index (χ3v) is 21.4. The summed E-state index contributed by atoms with van der Waals surface area (Å²) in [7, 11) is 0. The van der Waals surface area contributed by atoms with Crippen LogP contribution >= 0.6 is 11.8 Å². The van der Waals surface area contributed by atoms with Crippen molar-refractivity contribution >= 4 is 117 Å². The topological polar surface area (TPSA) is 555 Å². The van der Waals surface area contributed by atoms with Gasteiger partial charge in [-0.2, -0.15) is 11.8 Å². The van der Waals surface area contributed by atoms with Crippen LogP contribution in [0, 0.1) is 41.4 Å². The monoisotopic (exact) mass is 1740 g/mol. The summed E-state index contributed by atoms with van der Waals surface area (Å²) in [6.07, 6.45) is -0.689. The van der Waals surface area contributed by atoms with Gasteiger partial charge in [-0.3, -0.25) is 71.9 Å². The number of likely N-dealkylation sites (tertiary alicyclic amines) is 1. The summed E-state index contributed by atoms with van der Waals surface area (Å²) in [5.74, 6) is -16.3. The molecule has 37 heteroatoms. The van der Waals surface area contributed by atoms with Crippen molar-refractivity contribution in [1.82, 2.24) is 79.0 Å². The number of amides is 14. The zero-order valence-electron chi connectivity index (χ0n) is 74.3. The normalized spacial score (nSPS) is 16.8. The van der Waals surface area contributed by atoms with Gasteiger partial charge in [0.05, 0.1) is 18.2 Å². The minimum Gasteiger partial charge on any atom is -0.481 e. The third kappa shape index (κ3) is 34.8. The van der Waals surface area contributed by atoms with Crippen LogP contribution in [-0.2, 0) is 89.6 Å². The number of nitrogens with one attached hydrogen (secondary N) is 14. The number of hydrogen-bond donors (Lipinski definition) is 19. The summed E-state index contributed by atoms with van der Waals surface area (Å²) in [5, 5.41) is 77.0. The van der Waals surface area contributed by atoms with E-state index < -0.39 is 222 Å². The molecular weight excluding hydrogens is 1610 g/mol. The van der Waals surface area contributed by atoms with E-state index >= 15 is 14.4 Å². The molecule has 2 aromatic carbocycles. The van der Waals surface area contributed by atoms with E-state index in [1.54, 1.807) is 130 Å². The van der Waals surface area contributed by atoms with Gasteiger partial charge in [0.1, 0.15) is 84.6 Å². The molecule has 686 valence electrons. The number of aromatic nitrogens is 1. The number of aliphatic carboxylic acids is 2. The molecule has 1 aliphatic rings. The van der Waals surface area contributed by atoms with E-state index in [9.17, 15) is 82.8 Å². The summed E-state index contributed by atoms with van der Waals surface area (Å²) in [6.45, 7) is 28.2. The molecule has 36 nitrogen and oxygen atoms in total. The lowest BCUT2D eigenvalue weighted by Gasteiger charge is -2.32. The van der Waals surface area contributed by atoms with Crippen LogP contribution in [0.25, 0.3) is 10.9 Å². The zero-order chi connectivity index (χ0) is 92.6. The Balaban J connectivity index is 1.63. The number of nitrogens with two attached hydrogens (primary N) is 1. The largest absolute Gasteiger partial charge is 0.481 e. The predicted molar refractivity (Wildman–Crippen MR) is 463 cm³/mol. The Hall–Kier alpha value is -10.3. The van der Waals surface area contributed by atoms with E-state index in [2.05, 4.69) is 74.1 Å². The molecule has 0 aliphatic carbocycles. The number of carboxylic acid groups (broad SMARTS) is 2. The number of H-pyrrole nitrogens is 1. The quantitative estimate of drug-likeness (QED) is 0.0382. The highest BCUT2D eigenvalue weighted by Crippen LogP contribution is 2.24. The molecule has 0 spiro atoms. The van der Waals surface area contributed by atoms with Gasteiger partial charge in [-0.15, -0.1) is 0 Å². The molecule has 14 amide bonds. The molecular formula is C86H136N16O20S. The highest BCUT2D eigenvalue weighted by molar-refractivity contribution is 7.98. The molecule has 123 heavy (non-hydrogen) atoms. The first-order valence-electron chi connectivity index (χ1n) is 42.5. The van der Waals surface area contributed by atoms with E-state index in [-0.39, 0.29) is 93.9 Å². The second-order valence-corrected chi connectivity index (χ2v) is 35.9. The van der Waals surface area contributed by atoms with Crippen molar-refractivity contribution in [3.05, 3.63) is 71.9 Å². The highest BCUT2D eigenvalue weighted by atomic mass is 32.2. The van der Waals surface area contributed by atoms with Crippen molar-refractivity contribution in [2.45, 2.75) is 298 Å². The molecule has 1 aliphatic heterocycles. The van der Waals surface area contributed by atoms with Gasteiger partial charge >= 0.3 is 11.9 Å². The lowest BCUT2D eigenvalue weighted by Crippen LogP contribution is -2.63. The first-order valence-corrected chi connectivity index (χ1v) is 43.9. The Morgan fingerprint density at radius 1 is 0.431 bits per heavy atom. The molecule has 1 aromatic heterocycles. The molecule has 0 bridgehead atoms. The van der Waals surface area contributed by atoms with E-state index in [0.29, 0.717) is 34.2 Å². The van der Waals surface area contributed by atoms with Crippen LogP contribution < -0.4 is 74.9 Å². The maximum atomic E-state index is 15.2. The second kappa shape index (κ2) is 51.1. The Morgan fingerprint density at radius 3 is 1.31 bits per heavy atom. The Morgan fingerprint density at radius 2 is 0.821 bits per heavy atom. The van der Waals surface area contributed by atoms with Crippen LogP contribution in [0.4, 0.5) is 0 Å². The number of thioether (sulfide) groups is 1. The van der Waals surface area contributed by atoms with Crippen molar-refractivity contribution in [2.75, 3.05) is 18.6 Å². The van der Waals surface area contributed by atoms with Gasteiger partial charge in [0.2, 0.25) is 82.7 Å². The number of aromatic amines is 1. The van der Waals surface area contributed by atoms with Gasteiger partial charge < -0.3 is 105 Å². The number of hydrogen-bond acceptors (Lipinski definition) is 20. The van der Waals surface area contributed by atoms with Crippen LogP contribution in [0.5, 0.6) is 0 Å². The zero-order valence-corrected chi connectivity index (χ0v) is 75.1. The number of rotatable bonds is 52. The standard InChI is InChI=1S/C86H136N16O20S/c1-43(2)35-59(75(110)91-62(38-46(7)8)79(114)98-69(49(13)14)83(118)99-68(48(11)12)82(117)95-61(37-45(5)6)77(112)97-65(86(121)122)39-47(9)10)94-81(116)66-29-24-33-102(66)85(120)71(52(17)104)101-80(115)64(41-54-42-88-57-28-23-22-27-55(54)57)93-78(113)63(40-53-25-20-19-21-26-53)92-76(111)60(36-44(3)4)96-84(119)70(51(16)103)100-74(109)58(30-31-67(105)106)90-72(107)50(15)89-73(108)56(87)32-34-123-18/h19-23,25-28,42-52,56,58-66,68-71,88,103-104H,24,29-41,87H2,1-18H3,(H,89,108)(H,90,107)(H,91,110)(H,92,111)(H,93,113)(H,94,116)(H,95,117)(H,96,119)(H,97,112)(H,98,114)(H,99,118)(H,100,109)(H,101,115)(H,105,106)(H,121,122)/t50-,51+,52+,56-,58-,59-,60-,61-,62-,63-,64-,65-,66-,68-,69-,70-,71-/m0/s1. The molecule has 4 rings (SSSR count). The smallest absolute Gasteiger partial charge is 0.326 e. The maximum Gasteiger partial charge on any atom is 0.326 e. The average Bonchev–Trinajstić information content (AvgIpc) is 1.73. The number of aliphatic hydroxyl groups excluding tert-OH is 2. The fourth-order valence-corrected chi connectivity index (χ4v) is 14.6. The number of carbonyl (C=O) groups excluding carboxylic acids is 14. The van der Waals surface area contributed by atoms with E-state index in [1.165, 1.54) is 30.5 Å². The fourth-order valence-electron chi connectivity index (χ4n) is 14.1. The molecule has 0 radical (unpaired) electrons. The van der Waals surface area contributed by atoms with Gasteiger partial charge in [0, 0.05) is 42.9 Å². The van der Waals surface area contributed by atoms with Crippen molar-refractivity contribution in [3.8, 4) is 0 Å². The Labute approximate surface area is 725 Å². The molecule has 2 heterocycles. The number of fused-ring (bicyclic) bond motifs is 1. The minimum atomic E-state index is -1.85. The maximum absolute atomic E-state index is 15.2. The molecule has 17 atom stereocenters. The first-order chi connectivity index (χ1) is 57.6. The van der Waals surface area contributed by atoms with Crippen LogP contribution in [0.2, 0.25) is 0 Å². The lowest BCUT2D eigenvalue weighted by molar-refractivity contribution is -0.145. The summed E-state index contributed by atoms with van der Waals surface area (Å²) >= 11 is 1.45. The molecule has 20 N–H and O–H groups in total. The lowest BCUT2D eigenvalue weighted by atomic mass is 9.97. The summed E-state index contributed by atoms with van der Waals surface area (Å²) < 4.78 is 0. The number of carboxylic acids is 2. The van der Waals surface area contributed by atoms with Crippen LogP contribution in [0.1, 0.15) is 193 Å². The summed E-state index contributed by atoms with van der Waals surface area (Å²) in [4.78, 5) is 229. The van der Waals surface area contributed by atoms with Crippen LogP contribution in [0.3, 0.4) is 0 Å². The van der Waals surface area contributed by atoms with Gasteiger partial charge in [0.15, 0.2) is 0 Å². The molecule has 0 unspecified atom stereocenters. The Kier molecular flexibility index (Phi) is 43.7. The first kappa shape index (κ1) is 105. The van der Waals surface area contributed by atoms with Gasteiger partial charge in [-0.05, 0) is 149 Å². The third-order valence-electron chi connectivity index (χ3n) is 20.8. The number of nitrogens with zero attached hydrogens (tertiary/aromatic N) is 1. The molecule has 1 saturated heterocycles. The summed E-state index contributed by atoms with van der Waals surface area (Å²) in [6, 6.07) is -5.48. The van der Waals surface area contributed by atoms with E-state index in [1.807, 2.05) is 34.0 Å². The van der Waals surface area contributed by atoms with E-state index in [4.69, 9.17) is 5.73 Å². The number of para-hydroxylation sites is 1. The van der Waals surface area contributed by atoms with Gasteiger partial charge in [-0.25, -0.2) is 4.79 Å². The second-order valence-electron chi connectivity index (χ2n) is 34.9. The van der Waals surface area contributed by atoms with Gasteiger partial charge in [-0.1, -0.05) is 145 Å². The predicted octanol–water partition coefficient (Wildman–Crippen LogP) is 1.60. The van der Waals surface area contributed by atoms with Crippen molar-refractivity contribution in [2.24, 2.45) is 47.2 Å². The number of aliphatic hydroxyl groups is 2. The van der Waals surface area contributed by atoms with Crippen molar-refractivity contribution in [3.63, 3.8) is 0 Å². The highest BCUT2D eigenvalue weighted by Gasteiger charge is 2.44. The van der Waals surface area contributed by atoms with Crippen LogP contribution in [0.15, 0.2) is 60.8 Å². The SMILES string of the molecule is CSCC[C@H](N)C(=O)N[C@@H](C)C(=O)N[C@@H](CCC(=O)O)C(=O)N[C@H](C(=O)N[C@@H](CC(C)C)C(=O)N[C@@H](Cc1ccccc1)C(=O)N[C@@H](Cc1c[nH]c2ccccc12)C(=O)N[C@H](C(=O)N1CCC[C@H]1C(=O)N[C@@H](CC(C)C)C(=O)N[C@@H](CC(C)C)C(=O)N[C@H](C(=O)N[C@H](C(=O)N[C@@H](CC(C)C)C(=O)N[C@@H](CC(C)C)C(=O)O)C(C)C)C(C)C)[C@@H](C)O)[C@@H](C)O. The Bertz CT molecular complexity index is 4060. The van der Waals surface area contributed by atoms with Crippen LogP contribution in [-0.4, -0.2) is 246 Å². The van der Waals surface area contributed by atoms with E-state index in [0.717, 1.165) is 6.92 Å². The van der Waals surface area contributed by atoms with Gasteiger partial charge in [0.25, 0.3) is 0 Å². The fraction of sp³-hybridized carbons (Fsp3) is 0.651. The average molecular weight is 1750 g/mol. The molecule has 3 aromatic rings. The number of carbonyl (C=O) groups is 16. The molecule has 1 fully saturated rings.